The molecule has 1 N–H and O–H groups in total. The molecule has 0 spiro atoms. The Morgan fingerprint density at radius 3 is 2.60 bits per heavy atom. The Morgan fingerprint density at radius 2 is 1.89 bits per heavy atom. The van der Waals surface area contributed by atoms with Gasteiger partial charge in [0.15, 0.2) is 0 Å². The third-order valence-corrected chi connectivity index (χ3v) is 6.40. The molecule has 1 aliphatic heterocycles. The zero-order valence-corrected chi connectivity index (χ0v) is 19.9. The molecule has 5 rings (SSSR count). The van der Waals surface area contributed by atoms with Gasteiger partial charge in [0, 0.05) is 39.8 Å². The van der Waals surface area contributed by atoms with E-state index in [1.807, 2.05) is 48.5 Å². The number of halogens is 1. The number of H-pyrrole nitrogens is 1. The lowest BCUT2D eigenvalue weighted by Crippen LogP contribution is -2.29. The van der Waals surface area contributed by atoms with Crippen LogP contribution in [0.3, 0.4) is 0 Å². The summed E-state index contributed by atoms with van der Waals surface area (Å²) < 4.78 is 6.40. The number of rotatable bonds is 6. The second kappa shape index (κ2) is 9.34. The maximum atomic E-state index is 13.4. The first-order chi connectivity index (χ1) is 16.9. The van der Waals surface area contributed by atoms with E-state index >= 15 is 0 Å². The van der Waals surface area contributed by atoms with E-state index in [-0.39, 0.29) is 18.4 Å². The van der Waals surface area contributed by atoms with Crippen LogP contribution in [0.1, 0.15) is 36.6 Å². The first-order valence-corrected chi connectivity index (χ1v) is 11.8. The van der Waals surface area contributed by atoms with Gasteiger partial charge in [0.2, 0.25) is 5.91 Å². The number of carbonyl (C=O) groups is 2. The predicted octanol–water partition coefficient (Wildman–Crippen LogP) is 3.76. The van der Waals surface area contributed by atoms with E-state index in [1.54, 1.807) is 12.1 Å². The van der Waals surface area contributed by atoms with E-state index in [4.69, 9.17) is 4.42 Å². The molecule has 9 heteroatoms. The predicted molar refractivity (Wildman–Crippen MR) is 131 cm³/mol. The lowest BCUT2D eigenvalue weighted by molar-refractivity contribution is -0.305. The smallest absolute Gasteiger partial charge is 0.258 e. The number of carbonyl (C=O) groups excluding carboxylic acids is 2. The summed E-state index contributed by atoms with van der Waals surface area (Å²) >= 11 is 3.52. The van der Waals surface area contributed by atoms with Gasteiger partial charge < -0.3 is 19.3 Å². The molecule has 4 aromatic rings. The molecule has 8 nitrogen and oxygen atoms in total. The third kappa shape index (κ3) is 4.42. The summed E-state index contributed by atoms with van der Waals surface area (Å²) in [5.74, 6) is -1.32. The topological polar surface area (TPSA) is 119 Å². The van der Waals surface area contributed by atoms with Crippen LogP contribution in [-0.2, 0) is 9.59 Å². The molecule has 0 radical (unpaired) electrons. The molecule has 1 atom stereocenters. The molecule has 0 aliphatic carbocycles. The van der Waals surface area contributed by atoms with Crippen LogP contribution in [0.15, 0.2) is 85.7 Å². The molecular weight excluding hydrogens is 514 g/mol. The molecule has 1 aliphatic rings. The molecule has 0 saturated carbocycles. The summed E-state index contributed by atoms with van der Waals surface area (Å²) in [6, 6.07) is 17.9. The van der Waals surface area contributed by atoms with Crippen LogP contribution in [-0.4, -0.2) is 27.6 Å². The van der Waals surface area contributed by atoms with E-state index in [0.29, 0.717) is 28.1 Å². The largest absolute Gasteiger partial charge is 0.550 e. The zero-order valence-electron chi connectivity index (χ0n) is 18.4. The fourth-order valence-corrected chi connectivity index (χ4v) is 4.72. The van der Waals surface area contributed by atoms with Gasteiger partial charge in [0.1, 0.15) is 11.8 Å². The summed E-state index contributed by atoms with van der Waals surface area (Å²) in [7, 11) is 0. The standard InChI is InChI=1S/C26H20BrN3O5/c27-16-8-9-18-17(13-16)24(15-5-2-1-3-6-15)25(26(34)28-18)19-14-20(21-7-4-12-35-21)30(29-19)22(31)10-11-23(32)33/h1-9,12-13,20H,10-11,14H2,(H,28,34)(H,32,33)/p-1. The summed E-state index contributed by atoms with van der Waals surface area (Å²) in [5, 5.41) is 17.5. The van der Waals surface area contributed by atoms with Gasteiger partial charge in [-0.25, -0.2) is 5.01 Å². The first kappa shape index (κ1) is 22.8. The molecule has 35 heavy (non-hydrogen) atoms. The summed E-state index contributed by atoms with van der Waals surface area (Å²) in [6.07, 6.45) is 1.02. The number of aromatic amines is 1. The molecule has 0 saturated heterocycles. The monoisotopic (exact) mass is 532 g/mol. The molecule has 0 fully saturated rings. The zero-order chi connectivity index (χ0) is 24.5. The van der Waals surface area contributed by atoms with Crippen LogP contribution in [0.25, 0.3) is 22.0 Å². The Morgan fingerprint density at radius 1 is 1.09 bits per heavy atom. The van der Waals surface area contributed by atoms with Crippen molar-refractivity contribution in [2.24, 2.45) is 5.10 Å². The van der Waals surface area contributed by atoms with Gasteiger partial charge in [-0.15, -0.1) is 0 Å². The number of pyridine rings is 1. The highest BCUT2D eigenvalue weighted by Gasteiger charge is 2.36. The lowest BCUT2D eigenvalue weighted by atomic mass is 9.92. The van der Waals surface area contributed by atoms with Gasteiger partial charge in [-0.3, -0.25) is 9.59 Å². The number of amides is 1. The number of carboxylic acid groups (broad SMARTS) is 1. The molecule has 2 aromatic heterocycles. The summed E-state index contributed by atoms with van der Waals surface area (Å²) in [5.41, 5.74) is 2.63. The first-order valence-electron chi connectivity index (χ1n) is 11.0. The number of benzene rings is 2. The lowest BCUT2D eigenvalue weighted by Gasteiger charge is -2.19. The molecule has 0 bridgehead atoms. The highest BCUT2D eigenvalue weighted by molar-refractivity contribution is 9.10. The number of aliphatic carboxylic acids is 1. The normalized spacial score (nSPS) is 15.4. The number of carboxylic acids is 1. The fourth-order valence-electron chi connectivity index (χ4n) is 4.36. The minimum Gasteiger partial charge on any atom is -0.550 e. The molecule has 176 valence electrons. The van der Waals surface area contributed by atoms with Crippen molar-refractivity contribution in [3.63, 3.8) is 0 Å². The third-order valence-electron chi connectivity index (χ3n) is 5.91. The van der Waals surface area contributed by atoms with E-state index in [1.165, 1.54) is 11.3 Å². The highest BCUT2D eigenvalue weighted by atomic mass is 79.9. The average molecular weight is 533 g/mol. The van der Waals surface area contributed by atoms with Gasteiger partial charge >= 0.3 is 0 Å². The molecule has 1 unspecified atom stereocenters. The number of hydrogen-bond acceptors (Lipinski definition) is 6. The minimum absolute atomic E-state index is 0.229. The van der Waals surface area contributed by atoms with Gasteiger partial charge in [-0.05, 0) is 42.3 Å². The minimum atomic E-state index is -1.32. The number of nitrogens with one attached hydrogen (secondary N) is 1. The number of nitrogens with zero attached hydrogens (tertiary/aromatic N) is 2. The van der Waals surface area contributed by atoms with E-state index in [9.17, 15) is 19.5 Å². The molecule has 1 amide bonds. The summed E-state index contributed by atoms with van der Waals surface area (Å²) in [4.78, 5) is 40.2. The second-order valence-corrected chi connectivity index (χ2v) is 9.07. The van der Waals surface area contributed by atoms with Crippen molar-refractivity contribution >= 4 is 44.4 Å². The maximum Gasteiger partial charge on any atom is 0.258 e. The Balaban J connectivity index is 1.70. The van der Waals surface area contributed by atoms with Gasteiger partial charge in [0.25, 0.3) is 5.56 Å². The number of hydrazone groups is 1. The SMILES string of the molecule is O=C([O-])CCC(=O)N1N=C(c2c(-c3ccccc3)c3cc(Br)ccc3[nH]c2=O)CC1c1ccco1. The molecular formula is C26H19BrN3O5-. The summed E-state index contributed by atoms with van der Waals surface area (Å²) in [6.45, 7) is 0. The van der Waals surface area contributed by atoms with Crippen LogP contribution < -0.4 is 10.7 Å². The number of hydrogen-bond donors (Lipinski definition) is 1. The van der Waals surface area contributed by atoms with Crippen LogP contribution in [0, 0.1) is 0 Å². The van der Waals surface area contributed by atoms with E-state index in [2.05, 4.69) is 26.0 Å². The van der Waals surface area contributed by atoms with Crippen LogP contribution in [0.4, 0.5) is 0 Å². The van der Waals surface area contributed by atoms with E-state index in [0.717, 1.165) is 15.4 Å². The van der Waals surface area contributed by atoms with Crippen molar-refractivity contribution in [1.29, 1.82) is 0 Å². The number of aromatic nitrogens is 1. The van der Waals surface area contributed by atoms with Crippen LogP contribution in [0.5, 0.6) is 0 Å². The Hall–Kier alpha value is -3.98. The average Bonchev–Trinajstić information content (AvgIpc) is 3.53. The Kier molecular flexibility index (Phi) is 6.08. The van der Waals surface area contributed by atoms with Crippen LogP contribution in [0.2, 0.25) is 0 Å². The van der Waals surface area contributed by atoms with Gasteiger partial charge in [0.05, 0.1) is 17.5 Å². The van der Waals surface area contributed by atoms with Crippen molar-refractivity contribution in [3.8, 4) is 11.1 Å². The van der Waals surface area contributed by atoms with Crippen molar-refractivity contribution in [2.45, 2.75) is 25.3 Å². The Labute approximate surface area is 208 Å². The number of fused-ring (bicyclic) bond motifs is 1. The van der Waals surface area contributed by atoms with Crippen molar-refractivity contribution in [3.05, 3.63) is 93.1 Å². The highest BCUT2D eigenvalue weighted by Crippen LogP contribution is 2.37. The van der Waals surface area contributed by atoms with Gasteiger partial charge in [-0.2, -0.15) is 5.10 Å². The maximum absolute atomic E-state index is 13.4. The Bertz CT molecular complexity index is 1510. The number of furan rings is 1. The fraction of sp³-hybridized carbons (Fsp3) is 0.154. The van der Waals surface area contributed by atoms with E-state index < -0.39 is 24.3 Å². The quantitative estimate of drug-likeness (QED) is 0.405. The molecule has 3 heterocycles. The van der Waals surface area contributed by atoms with Crippen molar-refractivity contribution < 1.29 is 19.1 Å². The molecule has 2 aromatic carbocycles. The van der Waals surface area contributed by atoms with Crippen LogP contribution >= 0.6 is 15.9 Å². The second-order valence-electron chi connectivity index (χ2n) is 8.15. The van der Waals surface area contributed by atoms with Crippen molar-refractivity contribution in [2.75, 3.05) is 0 Å². The van der Waals surface area contributed by atoms with Gasteiger partial charge in [-0.1, -0.05) is 46.3 Å². The van der Waals surface area contributed by atoms with Crippen molar-refractivity contribution in [1.82, 2.24) is 9.99 Å².